The van der Waals surface area contributed by atoms with Crippen LogP contribution in [-0.2, 0) is 16.1 Å². The van der Waals surface area contributed by atoms with Crippen LogP contribution in [0.5, 0.6) is 0 Å². The highest BCUT2D eigenvalue weighted by Gasteiger charge is 2.19. The first-order chi connectivity index (χ1) is 11.0. The van der Waals surface area contributed by atoms with Crippen molar-refractivity contribution in [3.05, 3.63) is 29.0 Å². The normalized spacial score (nSPS) is 12.1. The average Bonchev–Trinajstić information content (AvgIpc) is 2.90. The number of benzene rings is 1. The highest BCUT2D eigenvalue weighted by Crippen LogP contribution is 2.17. The molecule has 2 amide bonds. The fourth-order valence-corrected chi connectivity index (χ4v) is 2.81. The van der Waals surface area contributed by atoms with Crippen molar-refractivity contribution in [2.45, 2.75) is 25.9 Å². The third-order valence-electron chi connectivity index (χ3n) is 3.23. The summed E-state index contributed by atoms with van der Waals surface area (Å²) >= 11 is 7.57. The van der Waals surface area contributed by atoms with E-state index in [0.29, 0.717) is 17.3 Å². The Kier molecular flexibility index (Phi) is 6.29. The number of fused-ring (bicyclic) bond motifs is 1. The van der Waals surface area contributed by atoms with E-state index in [0.717, 1.165) is 16.8 Å². The first-order valence-corrected chi connectivity index (χ1v) is 8.94. The Labute approximate surface area is 143 Å². The van der Waals surface area contributed by atoms with Gasteiger partial charge in [-0.1, -0.05) is 11.6 Å². The van der Waals surface area contributed by atoms with E-state index in [2.05, 4.69) is 20.6 Å². The summed E-state index contributed by atoms with van der Waals surface area (Å²) in [6, 6.07) is 4.84. The first-order valence-electron chi connectivity index (χ1n) is 7.17. The smallest absolute Gasteiger partial charge is 0.242 e. The highest BCUT2D eigenvalue weighted by atomic mass is 35.5. The summed E-state index contributed by atoms with van der Waals surface area (Å²) in [4.78, 5) is 30.9. The van der Waals surface area contributed by atoms with Crippen molar-refractivity contribution in [3.8, 4) is 0 Å². The van der Waals surface area contributed by atoms with E-state index in [4.69, 9.17) is 11.6 Å². The Bertz CT molecular complexity index is 704. The van der Waals surface area contributed by atoms with Crippen LogP contribution in [0, 0.1) is 0 Å². The zero-order valence-corrected chi connectivity index (χ0v) is 14.6. The summed E-state index contributed by atoms with van der Waals surface area (Å²) in [5.41, 5.74) is 1.61. The molecule has 3 N–H and O–H groups in total. The van der Waals surface area contributed by atoms with Gasteiger partial charge in [-0.25, -0.2) is 4.98 Å². The number of H-pyrrole nitrogens is 1. The lowest BCUT2D eigenvalue weighted by Crippen LogP contribution is -2.46. The number of halogens is 1. The predicted molar refractivity (Wildman–Crippen MR) is 93.6 cm³/mol. The Morgan fingerprint density at radius 2 is 2.22 bits per heavy atom. The molecule has 0 aliphatic rings. The molecular formula is C15H19ClN4O2S. The quantitative estimate of drug-likeness (QED) is 0.710. The van der Waals surface area contributed by atoms with Gasteiger partial charge < -0.3 is 15.6 Å². The van der Waals surface area contributed by atoms with E-state index in [1.807, 2.05) is 12.3 Å². The van der Waals surface area contributed by atoms with Gasteiger partial charge in [0.2, 0.25) is 11.8 Å². The minimum absolute atomic E-state index is 0.215. The molecule has 0 aliphatic carbocycles. The number of nitrogens with zero attached hydrogens (tertiary/aromatic N) is 1. The maximum atomic E-state index is 12.2. The van der Waals surface area contributed by atoms with Crippen molar-refractivity contribution in [2.75, 3.05) is 12.0 Å². The van der Waals surface area contributed by atoms with Crippen molar-refractivity contribution >= 4 is 46.2 Å². The Balaban J connectivity index is 1.98. The summed E-state index contributed by atoms with van der Waals surface area (Å²) in [6.45, 7) is 1.67. The molecule has 0 fully saturated rings. The summed E-state index contributed by atoms with van der Waals surface area (Å²) in [5, 5.41) is 6.10. The van der Waals surface area contributed by atoms with Gasteiger partial charge in [-0.15, -0.1) is 0 Å². The molecular weight excluding hydrogens is 336 g/mol. The van der Waals surface area contributed by atoms with Gasteiger partial charge in [-0.3, -0.25) is 9.59 Å². The minimum atomic E-state index is -0.529. The number of thioether (sulfide) groups is 1. The predicted octanol–water partition coefficient (Wildman–Crippen LogP) is 2.09. The van der Waals surface area contributed by atoms with Crippen molar-refractivity contribution in [2.24, 2.45) is 0 Å². The number of aromatic amines is 1. The van der Waals surface area contributed by atoms with Gasteiger partial charge in [0.15, 0.2) is 0 Å². The van der Waals surface area contributed by atoms with Crippen LogP contribution in [-0.4, -0.2) is 39.8 Å². The molecule has 1 aromatic heterocycles. The van der Waals surface area contributed by atoms with Gasteiger partial charge in [0.05, 0.1) is 17.6 Å². The molecule has 0 bridgehead atoms. The Hall–Kier alpha value is -1.73. The molecule has 0 saturated heterocycles. The number of hydrogen-bond donors (Lipinski definition) is 3. The summed E-state index contributed by atoms with van der Waals surface area (Å²) in [5.74, 6) is 1.00. The summed E-state index contributed by atoms with van der Waals surface area (Å²) in [7, 11) is 0. The second-order valence-corrected chi connectivity index (χ2v) is 6.52. The molecule has 0 aliphatic heterocycles. The maximum Gasteiger partial charge on any atom is 0.242 e. The summed E-state index contributed by atoms with van der Waals surface area (Å²) < 4.78 is 0. The molecule has 23 heavy (non-hydrogen) atoms. The number of amides is 2. The average molecular weight is 355 g/mol. The fraction of sp³-hybridized carbons (Fsp3) is 0.400. The van der Waals surface area contributed by atoms with Crippen molar-refractivity contribution < 1.29 is 9.59 Å². The lowest BCUT2D eigenvalue weighted by molar-refractivity contribution is -0.128. The van der Waals surface area contributed by atoms with Crippen LogP contribution in [0.3, 0.4) is 0 Å². The van der Waals surface area contributed by atoms with Gasteiger partial charge >= 0.3 is 0 Å². The molecule has 1 atom stereocenters. The van der Waals surface area contributed by atoms with Crippen LogP contribution in [0.4, 0.5) is 0 Å². The van der Waals surface area contributed by atoms with E-state index in [1.165, 1.54) is 6.92 Å². The zero-order chi connectivity index (χ0) is 16.8. The van der Waals surface area contributed by atoms with Crippen LogP contribution in [0.2, 0.25) is 5.02 Å². The van der Waals surface area contributed by atoms with Gasteiger partial charge in [0, 0.05) is 11.9 Å². The van der Waals surface area contributed by atoms with Crippen LogP contribution in [0.25, 0.3) is 11.0 Å². The van der Waals surface area contributed by atoms with E-state index in [9.17, 15) is 9.59 Å². The largest absolute Gasteiger partial charge is 0.347 e. The molecule has 0 saturated carbocycles. The van der Waals surface area contributed by atoms with Gasteiger partial charge in [-0.2, -0.15) is 11.8 Å². The molecule has 2 rings (SSSR count). The number of aromatic nitrogens is 2. The first kappa shape index (κ1) is 17.6. The van der Waals surface area contributed by atoms with Crippen molar-refractivity contribution in [1.29, 1.82) is 0 Å². The molecule has 1 heterocycles. The van der Waals surface area contributed by atoms with Gasteiger partial charge in [0.25, 0.3) is 0 Å². The van der Waals surface area contributed by atoms with E-state index in [1.54, 1.807) is 23.9 Å². The van der Waals surface area contributed by atoms with Crippen LogP contribution in [0.1, 0.15) is 19.2 Å². The fourth-order valence-electron chi connectivity index (χ4n) is 2.16. The molecule has 2 aromatic rings. The summed E-state index contributed by atoms with van der Waals surface area (Å²) in [6.07, 6.45) is 2.55. The number of rotatable bonds is 7. The van der Waals surface area contributed by atoms with Crippen LogP contribution in [0.15, 0.2) is 18.2 Å². The van der Waals surface area contributed by atoms with E-state index >= 15 is 0 Å². The van der Waals surface area contributed by atoms with Crippen molar-refractivity contribution in [1.82, 2.24) is 20.6 Å². The molecule has 124 valence electrons. The van der Waals surface area contributed by atoms with E-state index < -0.39 is 6.04 Å². The molecule has 1 aromatic carbocycles. The van der Waals surface area contributed by atoms with Gasteiger partial charge in [-0.05, 0) is 36.6 Å². The molecule has 6 nitrogen and oxygen atoms in total. The molecule has 8 heteroatoms. The number of imidazole rings is 1. The van der Waals surface area contributed by atoms with Gasteiger partial charge in [0.1, 0.15) is 11.9 Å². The lowest BCUT2D eigenvalue weighted by atomic mass is 10.2. The number of carbonyl (C=O) groups is 2. The van der Waals surface area contributed by atoms with Crippen LogP contribution >= 0.6 is 23.4 Å². The highest BCUT2D eigenvalue weighted by molar-refractivity contribution is 7.98. The molecule has 0 radical (unpaired) electrons. The van der Waals surface area contributed by atoms with Crippen LogP contribution < -0.4 is 10.6 Å². The zero-order valence-electron chi connectivity index (χ0n) is 13.0. The molecule has 0 spiro atoms. The number of nitrogens with one attached hydrogen (secondary N) is 3. The Morgan fingerprint density at radius 1 is 1.43 bits per heavy atom. The van der Waals surface area contributed by atoms with Crippen molar-refractivity contribution in [3.63, 3.8) is 0 Å². The minimum Gasteiger partial charge on any atom is -0.347 e. The second kappa shape index (κ2) is 8.21. The standard InChI is InChI=1S/C15H19ClN4O2S/c1-9(21)18-12(5-6-23-2)15(22)17-8-14-19-11-4-3-10(16)7-13(11)20-14/h3-4,7,12H,5-6,8H2,1-2H3,(H,17,22)(H,18,21)(H,19,20)/t12-/m0/s1. The Morgan fingerprint density at radius 3 is 2.91 bits per heavy atom. The third kappa shape index (κ3) is 5.14. The topological polar surface area (TPSA) is 86.9 Å². The number of hydrogen-bond acceptors (Lipinski definition) is 4. The monoisotopic (exact) mass is 354 g/mol. The lowest BCUT2D eigenvalue weighted by Gasteiger charge is -2.16. The third-order valence-corrected chi connectivity index (χ3v) is 4.11. The SMILES string of the molecule is CSCC[C@H](NC(C)=O)C(=O)NCc1nc2ccc(Cl)cc2[nH]1. The number of carbonyl (C=O) groups excluding carboxylic acids is 2. The second-order valence-electron chi connectivity index (χ2n) is 5.10. The van der Waals surface area contributed by atoms with E-state index in [-0.39, 0.29) is 18.4 Å². The maximum absolute atomic E-state index is 12.2. The molecule has 0 unspecified atom stereocenters.